The van der Waals surface area contributed by atoms with Gasteiger partial charge in [-0.25, -0.2) is 4.79 Å². The zero-order chi connectivity index (χ0) is 16.7. The van der Waals surface area contributed by atoms with Crippen LogP contribution in [0.4, 0.5) is 5.69 Å². The SMILES string of the molecule is CCC[C@@H](C(=O)O)[C@H](C)CC(=O)Nc1ccc(C(=O)O)cc1. The van der Waals surface area contributed by atoms with Crippen LogP contribution < -0.4 is 5.32 Å². The van der Waals surface area contributed by atoms with Crippen LogP contribution in [0.2, 0.25) is 0 Å². The standard InChI is InChI=1S/C16H21NO5/c1-3-4-13(16(21)22)10(2)9-14(18)17-12-7-5-11(6-8-12)15(19)20/h5-8,10,13H,3-4,9H2,1-2H3,(H,17,18)(H,19,20)(H,21,22)/t10-,13-/m1/s1. The number of nitrogens with one attached hydrogen (secondary N) is 1. The number of hydrogen-bond donors (Lipinski definition) is 3. The second kappa shape index (κ2) is 8.17. The molecule has 120 valence electrons. The Kier molecular flexibility index (Phi) is 6.56. The highest BCUT2D eigenvalue weighted by Crippen LogP contribution is 2.22. The molecule has 1 aromatic rings. The molecule has 0 saturated heterocycles. The van der Waals surface area contributed by atoms with E-state index in [0.29, 0.717) is 12.1 Å². The summed E-state index contributed by atoms with van der Waals surface area (Å²) in [6.45, 7) is 3.66. The van der Waals surface area contributed by atoms with Crippen molar-refractivity contribution >= 4 is 23.5 Å². The Labute approximate surface area is 129 Å². The molecule has 1 amide bonds. The van der Waals surface area contributed by atoms with Gasteiger partial charge in [0, 0.05) is 12.1 Å². The molecule has 6 nitrogen and oxygen atoms in total. The number of amides is 1. The Bertz CT molecular complexity index is 538. The van der Waals surface area contributed by atoms with Crippen molar-refractivity contribution in [1.82, 2.24) is 0 Å². The van der Waals surface area contributed by atoms with E-state index in [2.05, 4.69) is 5.32 Å². The first-order valence-electron chi connectivity index (χ1n) is 7.21. The summed E-state index contributed by atoms with van der Waals surface area (Å²) in [5, 5.41) is 20.6. The lowest BCUT2D eigenvalue weighted by Crippen LogP contribution is -2.25. The van der Waals surface area contributed by atoms with E-state index in [9.17, 15) is 19.5 Å². The van der Waals surface area contributed by atoms with E-state index in [4.69, 9.17) is 5.11 Å². The van der Waals surface area contributed by atoms with Gasteiger partial charge < -0.3 is 15.5 Å². The van der Waals surface area contributed by atoms with E-state index < -0.39 is 17.9 Å². The lowest BCUT2D eigenvalue weighted by atomic mass is 9.87. The van der Waals surface area contributed by atoms with Crippen LogP contribution in [0.25, 0.3) is 0 Å². The van der Waals surface area contributed by atoms with Gasteiger partial charge in [-0.15, -0.1) is 0 Å². The summed E-state index contributed by atoms with van der Waals surface area (Å²) >= 11 is 0. The number of carbonyl (C=O) groups is 3. The lowest BCUT2D eigenvalue weighted by Gasteiger charge is -2.19. The molecule has 0 bridgehead atoms. The highest BCUT2D eigenvalue weighted by molar-refractivity contribution is 5.92. The summed E-state index contributed by atoms with van der Waals surface area (Å²) in [6.07, 6.45) is 1.40. The molecule has 0 saturated carbocycles. The van der Waals surface area contributed by atoms with Gasteiger partial charge in [0.1, 0.15) is 0 Å². The Morgan fingerprint density at radius 2 is 1.73 bits per heavy atom. The number of carboxylic acid groups (broad SMARTS) is 2. The van der Waals surface area contributed by atoms with Gasteiger partial charge >= 0.3 is 11.9 Å². The zero-order valence-electron chi connectivity index (χ0n) is 12.7. The van der Waals surface area contributed by atoms with Gasteiger partial charge in [-0.3, -0.25) is 9.59 Å². The number of benzene rings is 1. The Hall–Kier alpha value is -2.37. The maximum absolute atomic E-state index is 12.0. The van der Waals surface area contributed by atoms with Gasteiger partial charge in [0.15, 0.2) is 0 Å². The van der Waals surface area contributed by atoms with E-state index in [1.165, 1.54) is 24.3 Å². The van der Waals surface area contributed by atoms with Crippen LogP contribution in [0.1, 0.15) is 43.5 Å². The third-order valence-corrected chi connectivity index (χ3v) is 3.53. The minimum absolute atomic E-state index is 0.109. The molecule has 22 heavy (non-hydrogen) atoms. The Balaban J connectivity index is 2.61. The van der Waals surface area contributed by atoms with Crippen molar-refractivity contribution in [1.29, 1.82) is 0 Å². The third-order valence-electron chi connectivity index (χ3n) is 3.53. The Morgan fingerprint density at radius 1 is 1.14 bits per heavy atom. The molecule has 0 aromatic heterocycles. The van der Waals surface area contributed by atoms with Crippen molar-refractivity contribution in [2.45, 2.75) is 33.1 Å². The van der Waals surface area contributed by atoms with Crippen LogP contribution in [0.3, 0.4) is 0 Å². The molecule has 0 unspecified atom stereocenters. The summed E-state index contributed by atoms with van der Waals surface area (Å²) in [7, 11) is 0. The van der Waals surface area contributed by atoms with Crippen LogP contribution in [0.5, 0.6) is 0 Å². The van der Waals surface area contributed by atoms with Gasteiger partial charge in [0.25, 0.3) is 0 Å². The minimum Gasteiger partial charge on any atom is -0.481 e. The molecule has 2 atom stereocenters. The smallest absolute Gasteiger partial charge is 0.335 e. The molecule has 0 aliphatic carbocycles. The first kappa shape index (κ1) is 17.7. The molecule has 0 fully saturated rings. The third kappa shape index (κ3) is 5.20. The maximum Gasteiger partial charge on any atom is 0.335 e. The van der Waals surface area contributed by atoms with Gasteiger partial charge in [-0.1, -0.05) is 20.3 Å². The van der Waals surface area contributed by atoms with E-state index in [-0.39, 0.29) is 23.8 Å². The molecular weight excluding hydrogens is 286 g/mol. The van der Waals surface area contributed by atoms with Gasteiger partial charge in [0.2, 0.25) is 5.91 Å². The van der Waals surface area contributed by atoms with Crippen molar-refractivity contribution in [2.24, 2.45) is 11.8 Å². The van der Waals surface area contributed by atoms with Gasteiger partial charge in [-0.2, -0.15) is 0 Å². The topological polar surface area (TPSA) is 104 Å². The molecule has 0 aliphatic rings. The second-order valence-electron chi connectivity index (χ2n) is 5.35. The largest absolute Gasteiger partial charge is 0.481 e. The van der Waals surface area contributed by atoms with Crippen LogP contribution >= 0.6 is 0 Å². The van der Waals surface area contributed by atoms with E-state index >= 15 is 0 Å². The molecule has 0 heterocycles. The van der Waals surface area contributed by atoms with Crippen LogP contribution in [-0.4, -0.2) is 28.1 Å². The zero-order valence-corrected chi connectivity index (χ0v) is 12.7. The molecule has 1 rings (SSSR count). The number of carbonyl (C=O) groups excluding carboxylic acids is 1. The average Bonchev–Trinajstić information content (AvgIpc) is 2.44. The highest BCUT2D eigenvalue weighted by Gasteiger charge is 2.25. The predicted molar refractivity (Wildman–Crippen MR) is 81.8 cm³/mol. The van der Waals surface area contributed by atoms with Crippen molar-refractivity contribution in [3.8, 4) is 0 Å². The maximum atomic E-state index is 12.0. The lowest BCUT2D eigenvalue weighted by molar-refractivity contribution is -0.144. The van der Waals surface area contributed by atoms with E-state index in [1.54, 1.807) is 6.92 Å². The first-order chi connectivity index (χ1) is 10.3. The van der Waals surface area contributed by atoms with Crippen molar-refractivity contribution in [2.75, 3.05) is 5.32 Å². The quantitative estimate of drug-likeness (QED) is 0.685. The molecule has 0 spiro atoms. The van der Waals surface area contributed by atoms with Crippen molar-refractivity contribution < 1.29 is 24.6 Å². The number of carboxylic acids is 2. The highest BCUT2D eigenvalue weighted by atomic mass is 16.4. The number of anilines is 1. The number of aromatic carboxylic acids is 1. The molecule has 0 aliphatic heterocycles. The fraction of sp³-hybridized carbons (Fsp3) is 0.438. The summed E-state index contributed by atoms with van der Waals surface area (Å²) in [5.74, 6) is -3.00. The minimum atomic E-state index is -1.03. The number of aliphatic carboxylic acids is 1. The van der Waals surface area contributed by atoms with Crippen molar-refractivity contribution in [3.05, 3.63) is 29.8 Å². The molecular formula is C16H21NO5. The van der Waals surface area contributed by atoms with E-state index in [0.717, 1.165) is 6.42 Å². The van der Waals surface area contributed by atoms with Gasteiger partial charge in [0.05, 0.1) is 11.5 Å². The van der Waals surface area contributed by atoms with Gasteiger partial charge in [-0.05, 0) is 36.6 Å². The van der Waals surface area contributed by atoms with E-state index in [1.807, 2.05) is 6.92 Å². The Morgan fingerprint density at radius 3 is 2.18 bits per heavy atom. The fourth-order valence-corrected chi connectivity index (χ4v) is 2.31. The summed E-state index contributed by atoms with van der Waals surface area (Å²) in [4.78, 5) is 33.9. The molecule has 3 N–H and O–H groups in total. The number of hydrogen-bond acceptors (Lipinski definition) is 3. The second-order valence-corrected chi connectivity index (χ2v) is 5.35. The molecule has 1 aromatic carbocycles. The summed E-state index contributed by atoms with van der Waals surface area (Å²) in [5.41, 5.74) is 0.629. The monoisotopic (exact) mass is 307 g/mol. The van der Waals surface area contributed by atoms with Crippen LogP contribution in [-0.2, 0) is 9.59 Å². The predicted octanol–water partition coefficient (Wildman–Crippen LogP) is 2.85. The summed E-state index contributed by atoms with van der Waals surface area (Å²) in [6, 6.07) is 5.82. The molecule has 6 heteroatoms. The average molecular weight is 307 g/mol. The van der Waals surface area contributed by atoms with Crippen molar-refractivity contribution in [3.63, 3.8) is 0 Å². The van der Waals surface area contributed by atoms with Crippen LogP contribution in [0.15, 0.2) is 24.3 Å². The first-order valence-corrected chi connectivity index (χ1v) is 7.21. The fourth-order valence-electron chi connectivity index (χ4n) is 2.31. The summed E-state index contributed by atoms with van der Waals surface area (Å²) < 4.78 is 0. The normalized spacial score (nSPS) is 13.2. The number of rotatable bonds is 8. The molecule has 0 radical (unpaired) electrons. The van der Waals surface area contributed by atoms with Crippen LogP contribution in [0, 0.1) is 11.8 Å².